The number of aromatic carboxylic acids is 1. The second-order valence-corrected chi connectivity index (χ2v) is 6.15. The fourth-order valence-corrected chi connectivity index (χ4v) is 3.66. The first-order valence-corrected chi connectivity index (χ1v) is 7.34. The molecule has 1 aromatic heterocycles. The number of hydrogen-bond donors (Lipinski definition) is 1. The SMILES string of the molecule is CCCc1nc(N2CC(C)CC2C)sc1C(=O)O. The number of nitrogens with zero attached hydrogens (tertiary/aromatic N) is 2. The molecule has 2 unspecified atom stereocenters. The van der Waals surface area contributed by atoms with Crippen LogP contribution in [0.3, 0.4) is 0 Å². The third-order valence-corrected chi connectivity index (χ3v) is 4.52. The van der Waals surface area contributed by atoms with E-state index in [1.54, 1.807) is 0 Å². The Hall–Kier alpha value is -1.10. The first-order valence-electron chi connectivity index (χ1n) is 6.52. The highest BCUT2D eigenvalue weighted by molar-refractivity contribution is 7.17. The van der Waals surface area contributed by atoms with E-state index in [0.717, 1.165) is 36.6 Å². The van der Waals surface area contributed by atoms with Crippen molar-refractivity contribution < 1.29 is 9.90 Å². The predicted molar refractivity (Wildman–Crippen MR) is 73.7 cm³/mol. The molecule has 0 aromatic carbocycles. The van der Waals surface area contributed by atoms with Gasteiger partial charge in [0.2, 0.25) is 0 Å². The van der Waals surface area contributed by atoms with Gasteiger partial charge in [-0.3, -0.25) is 0 Å². The first-order chi connectivity index (χ1) is 8.52. The highest BCUT2D eigenvalue weighted by Gasteiger charge is 2.30. The van der Waals surface area contributed by atoms with Crippen LogP contribution < -0.4 is 4.90 Å². The zero-order chi connectivity index (χ0) is 13.3. The number of anilines is 1. The van der Waals surface area contributed by atoms with Gasteiger partial charge in [0.05, 0.1) is 5.69 Å². The monoisotopic (exact) mass is 268 g/mol. The maximum Gasteiger partial charge on any atom is 0.347 e. The topological polar surface area (TPSA) is 53.4 Å². The molecule has 1 N–H and O–H groups in total. The second kappa shape index (κ2) is 5.26. The van der Waals surface area contributed by atoms with E-state index in [2.05, 4.69) is 23.7 Å². The molecule has 5 heteroatoms. The normalized spacial score (nSPS) is 23.6. The highest BCUT2D eigenvalue weighted by Crippen LogP contribution is 2.34. The number of aryl methyl sites for hydroxylation is 1. The molecule has 0 bridgehead atoms. The zero-order valence-corrected chi connectivity index (χ0v) is 12.0. The van der Waals surface area contributed by atoms with E-state index in [1.165, 1.54) is 11.3 Å². The molecule has 1 fully saturated rings. The minimum Gasteiger partial charge on any atom is -0.477 e. The summed E-state index contributed by atoms with van der Waals surface area (Å²) in [5, 5.41) is 10.1. The lowest BCUT2D eigenvalue weighted by molar-refractivity contribution is 0.0700. The molecular formula is C13H20N2O2S. The molecule has 0 spiro atoms. The third-order valence-electron chi connectivity index (χ3n) is 3.40. The Kier molecular flexibility index (Phi) is 3.90. The fourth-order valence-electron chi connectivity index (χ4n) is 2.60. The van der Waals surface area contributed by atoms with Gasteiger partial charge in [0.15, 0.2) is 5.13 Å². The van der Waals surface area contributed by atoms with Crippen molar-refractivity contribution in [2.24, 2.45) is 5.92 Å². The van der Waals surface area contributed by atoms with Crippen molar-refractivity contribution in [3.8, 4) is 0 Å². The van der Waals surface area contributed by atoms with Crippen LogP contribution in [0.25, 0.3) is 0 Å². The lowest BCUT2D eigenvalue weighted by Crippen LogP contribution is -2.26. The Morgan fingerprint density at radius 2 is 2.28 bits per heavy atom. The largest absolute Gasteiger partial charge is 0.477 e. The van der Waals surface area contributed by atoms with Crippen molar-refractivity contribution in [1.29, 1.82) is 0 Å². The predicted octanol–water partition coefficient (Wildman–Crippen LogP) is 3.03. The number of aromatic nitrogens is 1. The van der Waals surface area contributed by atoms with Gasteiger partial charge in [-0.2, -0.15) is 0 Å². The zero-order valence-electron chi connectivity index (χ0n) is 11.1. The van der Waals surface area contributed by atoms with Crippen LogP contribution >= 0.6 is 11.3 Å². The van der Waals surface area contributed by atoms with Gasteiger partial charge in [-0.1, -0.05) is 31.6 Å². The lowest BCUT2D eigenvalue weighted by atomic mass is 10.1. The van der Waals surface area contributed by atoms with Crippen molar-refractivity contribution in [2.45, 2.75) is 46.1 Å². The summed E-state index contributed by atoms with van der Waals surface area (Å²) in [5.74, 6) is -0.186. The average molecular weight is 268 g/mol. The Balaban J connectivity index is 2.29. The van der Waals surface area contributed by atoms with Gasteiger partial charge in [0, 0.05) is 12.6 Å². The summed E-state index contributed by atoms with van der Waals surface area (Å²) in [6.07, 6.45) is 2.83. The molecule has 2 heterocycles. The lowest BCUT2D eigenvalue weighted by Gasteiger charge is -2.19. The molecule has 1 aliphatic rings. The fraction of sp³-hybridized carbons (Fsp3) is 0.692. The molecule has 0 radical (unpaired) electrons. The van der Waals surface area contributed by atoms with E-state index >= 15 is 0 Å². The standard InChI is InChI=1S/C13H20N2O2S/c1-4-5-10-11(12(16)17)18-13(14-10)15-7-8(2)6-9(15)3/h8-9H,4-7H2,1-3H3,(H,16,17). The third kappa shape index (κ3) is 2.51. The number of rotatable bonds is 4. The van der Waals surface area contributed by atoms with Crippen molar-refractivity contribution >= 4 is 22.4 Å². The van der Waals surface area contributed by atoms with Gasteiger partial charge < -0.3 is 10.0 Å². The minimum atomic E-state index is -0.845. The van der Waals surface area contributed by atoms with Gasteiger partial charge in [-0.05, 0) is 25.7 Å². The Labute approximate surface area is 112 Å². The number of thiazole rings is 1. The van der Waals surface area contributed by atoms with Crippen LogP contribution in [-0.2, 0) is 6.42 Å². The summed E-state index contributed by atoms with van der Waals surface area (Å²) in [5.41, 5.74) is 0.747. The van der Waals surface area contributed by atoms with E-state index in [9.17, 15) is 9.90 Å². The molecule has 1 aliphatic heterocycles. The van der Waals surface area contributed by atoms with E-state index in [4.69, 9.17) is 0 Å². The number of carbonyl (C=O) groups is 1. The number of carboxylic acids is 1. The molecule has 0 aliphatic carbocycles. The van der Waals surface area contributed by atoms with E-state index in [-0.39, 0.29) is 0 Å². The van der Waals surface area contributed by atoms with E-state index < -0.39 is 5.97 Å². The Morgan fingerprint density at radius 3 is 2.78 bits per heavy atom. The number of hydrogen-bond acceptors (Lipinski definition) is 4. The summed E-state index contributed by atoms with van der Waals surface area (Å²) < 4.78 is 0. The van der Waals surface area contributed by atoms with Crippen LogP contribution in [0.4, 0.5) is 5.13 Å². The number of carboxylic acid groups (broad SMARTS) is 1. The molecule has 100 valence electrons. The molecule has 2 atom stereocenters. The maximum atomic E-state index is 11.2. The molecule has 0 amide bonds. The van der Waals surface area contributed by atoms with Crippen LogP contribution in [0.5, 0.6) is 0 Å². The van der Waals surface area contributed by atoms with Crippen LogP contribution in [0, 0.1) is 5.92 Å². The Bertz CT molecular complexity index is 444. The van der Waals surface area contributed by atoms with Gasteiger partial charge >= 0.3 is 5.97 Å². The van der Waals surface area contributed by atoms with E-state index in [1.807, 2.05) is 6.92 Å². The molecule has 4 nitrogen and oxygen atoms in total. The van der Waals surface area contributed by atoms with Gasteiger partial charge in [0.1, 0.15) is 4.88 Å². The summed E-state index contributed by atoms with van der Waals surface area (Å²) in [6, 6.07) is 0.460. The quantitative estimate of drug-likeness (QED) is 0.912. The van der Waals surface area contributed by atoms with Gasteiger partial charge in [0.25, 0.3) is 0 Å². The van der Waals surface area contributed by atoms with Crippen LogP contribution in [0.2, 0.25) is 0 Å². The molecule has 2 rings (SSSR count). The molecule has 18 heavy (non-hydrogen) atoms. The summed E-state index contributed by atoms with van der Waals surface area (Å²) in [7, 11) is 0. The van der Waals surface area contributed by atoms with Crippen molar-refractivity contribution in [1.82, 2.24) is 4.98 Å². The van der Waals surface area contributed by atoms with Crippen LogP contribution in [0.1, 0.15) is 49.0 Å². The minimum absolute atomic E-state index is 0.415. The molecular weight excluding hydrogens is 248 g/mol. The molecule has 0 saturated carbocycles. The van der Waals surface area contributed by atoms with E-state index in [0.29, 0.717) is 16.8 Å². The second-order valence-electron chi connectivity index (χ2n) is 5.17. The van der Waals surface area contributed by atoms with Crippen LogP contribution in [0.15, 0.2) is 0 Å². The molecule has 1 saturated heterocycles. The van der Waals surface area contributed by atoms with Crippen LogP contribution in [-0.4, -0.2) is 28.6 Å². The Morgan fingerprint density at radius 1 is 1.56 bits per heavy atom. The smallest absolute Gasteiger partial charge is 0.347 e. The van der Waals surface area contributed by atoms with Gasteiger partial charge in [-0.15, -0.1) is 0 Å². The summed E-state index contributed by atoms with van der Waals surface area (Å²) >= 11 is 1.33. The highest BCUT2D eigenvalue weighted by atomic mass is 32.1. The van der Waals surface area contributed by atoms with Crippen molar-refractivity contribution in [3.05, 3.63) is 10.6 Å². The first kappa shape index (κ1) is 13.3. The van der Waals surface area contributed by atoms with Crippen molar-refractivity contribution in [3.63, 3.8) is 0 Å². The summed E-state index contributed by atoms with van der Waals surface area (Å²) in [6.45, 7) is 7.45. The molecule has 1 aromatic rings. The average Bonchev–Trinajstić information content (AvgIpc) is 2.83. The van der Waals surface area contributed by atoms with Crippen molar-refractivity contribution in [2.75, 3.05) is 11.4 Å². The summed E-state index contributed by atoms with van der Waals surface area (Å²) in [4.78, 5) is 18.4. The van der Waals surface area contributed by atoms with Gasteiger partial charge in [-0.25, -0.2) is 9.78 Å². The maximum absolute atomic E-state index is 11.2.